The van der Waals surface area contributed by atoms with Crippen molar-refractivity contribution in [3.8, 4) is 0 Å². The molecule has 1 aromatic heterocycles. The number of hydrogen-bond donors (Lipinski definition) is 2. The monoisotopic (exact) mass is 504 g/mol. The number of nitrogens with two attached hydrogens (primary N) is 1. The van der Waals surface area contributed by atoms with Crippen LogP contribution in [0, 0.1) is 5.82 Å². The summed E-state index contributed by atoms with van der Waals surface area (Å²) < 4.78 is 15.6. The highest BCUT2D eigenvalue weighted by molar-refractivity contribution is 7.99. The van der Waals surface area contributed by atoms with E-state index in [2.05, 4.69) is 15.4 Å². The van der Waals surface area contributed by atoms with Crippen molar-refractivity contribution in [2.75, 3.05) is 35.4 Å². The molecule has 0 bridgehead atoms. The summed E-state index contributed by atoms with van der Waals surface area (Å²) in [5.74, 6) is 0.394. The average Bonchev–Trinajstić information content (AvgIpc) is 3.25. The Balaban J connectivity index is 0.000000196. The van der Waals surface area contributed by atoms with E-state index in [1.54, 1.807) is 29.6 Å². The predicted molar refractivity (Wildman–Crippen MR) is 133 cm³/mol. The molecule has 2 amide bonds. The minimum atomic E-state index is -0.609. The molecule has 0 saturated carbocycles. The molecule has 0 aliphatic carbocycles. The molecule has 1 aliphatic rings. The van der Waals surface area contributed by atoms with Crippen molar-refractivity contribution in [2.24, 2.45) is 5.73 Å². The molecule has 4 rings (SSSR count). The van der Waals surface area contributed by atoms with Gasteiger partial charge < -0.3 is 16.0 Å². The summed E-state index contributed by atoms with van der Waals surface area (Å²) in [5.41, 5.74) is 7.26. The number of primary amides is 1. The van der Waals surface area contributed by atoms with Crippen molar-refractivity contribution in [1.82, 2.24) is 14.8 Å². The summed E-state index contributed by atoms with van der Waals surface area (Å²) in [6, 6.07) is 13.0. The molecular weight excluding hydrogens is 479 g/mol. The van der Waals surface area contributed by atoms with Crippen molar-refractivity contribution in [2.45, 2.75) is 24.3 Å². The zero-order chi connectivity index (χ0) is 24.5. The SMILES string of the molecule is CN1C(=O)CCSc2cc(NCCCCl)c(F)cc21.NC(=O)c1ncn(Cc2ccccc2)n1. The second kappa shape index (κ2) is 12.4. The van der Waals surface area contributed by atoms with Crippen molar-refractivity contribution in [3.05, 3.63) is 66.0 Å². The topological polar surface area (TPSA) is 106 Å². The minimum Gasteiger partial charge on any atom is -0.383 e. The largest absolute Gasteiger partial charge is 0.383 e. The van der Waals surface area contributed by atoms with Gasteiger partial charge >= 0.3 is 0 Å². The summed E-state index contributed by atoms with van der Waals surface area (Å²) >= 11 is 7.18. The Labute approximate surface area is 206 Å². The fraction of sp³-hybridized carbons (Fsp3) is 0.304. The van der Waals surface area contributed by atoms with Crippen molar-refractivity contribution >= 4 is 46.6 Å². The number of carbonyl (C=O) groups excluding carboxylic acids is 2. The number of thioether (sulfide) groups is 1. The van der Waals surface area contributed by atoms with E-state index in [4.69, 9.17) is 17.3 Å². The Morgan fingerprint density at radius 1 is 1.29 bits per heavy atom. The summed E-state index contributed by atoms with van der Waals surface area (Å²) in [4.78, 5) is 28.7. The third-order valence-electron chi connectivity index (χ3n) is 4.93. The van der Waals surface area contributed by atoms with E-state index >= 15 is 0 Å². The van der Waals surface area contributed by atoms with Crippen LogP contribution >= 0.6 is 23.4 Å². The van der Waals surface area contributed by atoms with E-state index in [-0.39, 0.29) is 17.5 Å². The van der Waals surface area contributed by atoms with Gasteiger partial charge in [-0.15, -0.1) is 28.5 Å². The Kier molecular flexibility index (Phi) is 9.29. The van der Waals surface area contributed by atoms with Gasteiger partial charge in [-0.25, -0.2) is 14.1 Å². The second-order valence-electron chi connectivity index (χ2n) is 7.44. The molecule has 0 spiro atoms. The lowest BCUT2D eigenvalue weighted by Gasteiger charge is -2.18. The number of rotatable bonds is 7. The minimum absolute atomic E-state index is 0.0218. The van der Waals surface area contributed by atoms with Gasteiger partial charge in [0.05, 0.1) is 17.9 Å². The number of fused-ring (bicyclic) bond motifs is 1. The first kappa shape index (κ1) is 25.5. The number of alkyl halides is 1. The molecule has 0 atom stereocenters. The molecule has 2 heterocycles. The van der Waals surface area contributed by atoms with Crippen LogP contribution < -0.4 is 16.0 Å². The van der Waals surface area contributed by atoms with Crippen LogP contribution in [0.4, 0.5) is 15.8 Å². The Hall–Kier alpha value is -3.11. The zero-order valence-corrected chi connectivity index (χ0v) is 20.3. The van der Waals surface area contributed by atoms with Crippen molar-refractivity contribution in [1.29, 1.82) is 0 Å². The Morgan fingerprint density at radius 2 is 2.06 bits per heavy atom. The lowest BCUT2D eigenvalue weighted by molar-refractivity contribution is -0.117. The number of carbonyl (C=O) groups is 2. The van der Waals surface area contributed by atoms with Gasteiger partial charge in [0.25, 0.3) is 5.91 Å². The second-order valence-corrected chi connectivity index (χ2v) is 8.95. The summed E-state index contributed by atoms with van der Waals surface area (Å²) in [7, 11) is 1.69. The van der Waals surface area contributed by atoms with Gasteiger partial charge in [-0.05, 0) is 18.1 Å². The van der Waals surface area contributed by atoms with Crippen LogP contribution in [-0.4, -0.2) is 51.8 Å². The highest BCUT2D eigenvalue weighted by Crippen LogP contribution is 2.37. The standard InChI is InChI=1S/C13H16ClFN2OS.C10H10N4O/c1-17-11-7-9(15)10(16-5-2-4-14)8-12(11)19-6-3-13(17)18;11-9(15)10-12-7-14(13-10)6-8-4-2-1-3-5-8/h7-8,16H,2-6H2,1H3;1-5,7H,6H2,(H2,11,15). The highest BCUT2D eigenvalue weighted by Gasteiger charge is 2.21. The average molecular weight is 505 g/mol. The molecule has 3 N–H and O–H groups in total. The lowest BCUT2D eigenvalue weighted by Crippen LogP contribution is -2.25. The number of amides is 2. The maximum atomic E-state index is 14.0. The fourth-order valence-electron chi connectivity index (χ4n) is 3.15. The first-order valence-electron chi connectivity index (χ1n) is 10.6. The van der Waals surface area contributed by atoms with Crippen LogP contribution in [-0.2, 0) is 11.3 Å². The van der Waals surface area contributed by atoms with Crippen LogP contribution in [0.3, 0.4) is 0 Å². The number of nitrogens with one attached hydrogen (secondary N) is 1. The molecule has 0 fully saturated rings. The molecule has 0 saturated heterocycles. The summed E-state index contributed by atoms with van der Waals surface area (Å²) in [6.07, 6.45) is 2.75. The zero-order valence-electron chi connectivity index (χ0n) is 18.7. The number of nitrogens with zero attached hydrogens (tertiary/aromatic N) is 4. The van der Waals surface area contributed by atoms with E-state index in [9.17, 15) is 14.0 Å². The van der Waals surface area contributed by atoms with E-state index in [0.29, 0.717) is 36.8 Å². The van der Waals surface area contributed by atoms with Gasteiger partial charge in [0.15, 0.2) is 0 Å². The molecule has 0 radical (unpaired) electrons. The van der Waals surface area contributed by atoms with Gasteiger partial charge in [-0.1, -0.05) is 30.3 Å². The summed E-state index contributed by atoms with van der Waals surface area (Å²) in [6.45, 7) is 1.22. The molecule has 11 heteroatoms. The fourth-order valence-corrected chi connectivity index (χ4v) is 4.33. The molecular formula is C23H26ClFN6O2S. The van der Waals surface area contributed by atoms with E-state index in [1.165, 1.54) is 17.3 Å². The van der Waals surface area contributed by atoms with Gasteiger partial charge in [-0.3, -0.25) is 9.59 Å². The number of aromatic nitrogens is 3. The number of halogens is 2. The van der Waals surface area contributed by atoms with Gasteiger partial charge in [0, 0.05) is 42.6 Å². The molecule has 0 unspecified atom stereocenters. The third-order valence-corrected chi connectivity index (χ3v) is 6.24. The molecule has 1 aliphatic heterocycles. The van der Waals surface area contributed by atoms with Crippen LogP contribution in [0.2, 0.25) is 0 Å². The third kappa shape index (κ3) is 6.94. The van der Waals surface area contributed by atoms with Gasteiger partial charge in [-0.2, -0.15) is 0 Å². The first-order chi connectivity index (χ1) is 16.4. The van der Waals surface area contributed by atoms with Crippen LogP contribution in [0.5, 0.6) is 0 Å². The number of benzene rings is 2. The number of hydrogen-bond acceptors (Lipinski definition) is 6. The number of anilines is 2. The maximum absolute atomic E-state index is 14.0. The van der Waals surface area contributed by atoms with Crippen LogP contribution in [0.25, 0.3) is 0 Å². The molecule has 3 aromatic rings. The molecule has 34 heavy (non-hydrogen) atoms. The quantitative estimate of drug-likeness (QED) is 0.375. The normalized spacial score (nSPS) is 12.9. The van der Waals surface area contributed by atoms with Crippen molar-refractivity contribution < 1.29 is 14.0 Å². The summed E-state index contributed by atoms with van der Waals surface area (Å²) in [5, 5.41) is 6.97. The Morgan fingerprint density at radius 3 is 2.74 bits per heavy atom. The Bertz CT molecular complexity index is 1130. The first-order valence-corrected chi connectivity index (χ1v) is 12.2. The van der Waals surface area contributed by atoms with Crippen molar-refractivity contribution in [3.63, 3.8) is 0 Å². The van der Waals surface area contributed by atoms with Gasteiger partial charge in [0.2, 0.25) is 11.7 Å². The van der Waals surface area contributed by atoms with E-state index < -0.39 is 5.91 Å². The van der Waals surface area contributed by atoms with E-state index in [0.717, 1.165) is 22.6 Å². The smallest absolute Gasteiger partial charge is 0.288 e. The maximum Gasteiger partial charge on any atom is 0.288 e. The molecule has 2 aromatic carbocycles. The van der Waals surface area contributed by atoms with Gasteiger partial charge in [0.1, 0.15) is 12.1 Å². The molecule has 8 nitrogen and oxygen atoms in total. The molecule has 180 valence electrons. The lowest BCUT2D eigenvalue weighted by atomic mass is 10.2. The van der Waals surface area contributed by atoms with Crippen LogP contribution in [0.1, 0.15) is 29.0 Å². The van der Waals surface area contributed by atoms with Crippen LogP contribution in [0.15, 0.2) is 53.7 Å². The predicted octanol–water partition coefficient (Wildman–Crippen LogP) is 3.75. The highest BCUT2D eigenvalue weighted by atomic mass is 35.5. The van der Waals surface area contributed by atoms with E-state index in [1.807, 2.05) is 30.3 Å².